The molecule has 4 aromatic rings. The molecule has 1 amide bonds. The SMILES string of the molecule is NC(=O)c1cccc2c1c1[c]cccc1n2Cc1cc(C(F)(F)F)cc(C(F)(F)F)c1. The third kappa shape index (κ3) is 3.71. The van der Waals surface area contributed by atoms with Crippen LogP contribution in [-0.2, 0) is 18.9 Å². The van der Waals surface area contributed by atoms with E-state index in [1.54, 1.807) is 34.9 Å². The Kier molecular flexibility index (Phi) is 4.72. The van der Waals surface area contributed by atoms with E-state index in [9.17, 15) is 31.1 Å². The number of nitrogens with zero attached hydrogens (tertiary/aromatic N) is 1. The van der Waals surface area contributed by atoms with Gasteiger partial charge < -0.3 is 10.3 Å². The van der Waals surface area contributed by atoms with Crippen LogP contribution in [0, 0.1) is 6.07 Å². The highest BCUT2D eigenvalue weighted by Crippen LogP contribution is 2.37. The summed E-state index contributed by atoms with van der Waals surface area (Å²) in [5.74, 6) is -0.708. The Morgan fingerprint density at radius 3 is 2.10 bits per heavy atom. The number of amides is 1. The van der Waals surface area contributed by atoms with E-state index in [1.807, 2.05) is 0 Å². The first-order chi connectivity index (χ1) is 14.5. The highest BCUT2D eigenvalue weighted by atomic mass is 19.4. The third-order valence-corrected chi connectivity index (χ3v) is 4.96. The molecular weight excluding hydrogens is 422 g/mol. The molecule has 0 fully saturated rings. The van der Waals surface area contributed by atoms with E-state index < -0.39 is 29.4 Å². The molecule has 2 N–H and O–H groups in total. The molecule has 0 unspecified atom stereocenters. The predicted molar refractivity (Wildman–Crippen MR) is 102 cm³/mol. The number of carbonyl (C=O) groups excluding carboxylic acids is 1. The van der Waals surface area contributed by atoms with Crippen molar-refractivity contribution in [3.8, 4) is 0 Å². The second kappa shape index (κ2) is 7.04. The first kappa shape index (κ1) is 20.8. The van der Waals surface area contributed by atoms with Gasteiger partial charge in [-0.1, -0.05) is 18.2 Å². The first-order valence-corrected chi connectivity index (χ1v) is 8.96. The Balaban J connectivity index is 1.97. The van der Waals surface area contributed by atoms with Crippen molar-refractivity contribution in [1.82, 2.24) is 4.57 Å². The van der Waals surface area contributed by atoms with Crippen LogP contribution in [0.2, 0.25) is 0 Å². The van der Waals surface area contributed by atoms with Gasteiger partial charge in [-0.25, -0.2) is 0 Å². The topological polar surface area (TPSA) is 48.0 Å². The van der Waals surface area contributed by atoms with Gasteiger partial charge in [0, 0.05) is 22.9 Å². The lowest BCUT2D eigenvalue weighted by Crippen LogP contribution is -2.13. The van der Waals surface area contributed by atoms with Crippen molar-refractivity contribution in [3.05, 3.63) is 82.9 Å². The van der Waals surface area contributed by atoms with Crippen LogP contribution in [0.25, 0.3) is 21.8 Å². The molecular formula is C22H13F6N2O. The summed E-state index contributed by atoms with van der Waals surface area (Å²) in [7, 11) is 0. The quantitative estimate of drug-likeness (QED) is 0.408. The van der Waals surface area contributed by atoms with Gasteiger partial charge in [-0.3, -0.25) is 4.79 Å². The average Bonchev–Trinajstić information content (AvgIpc) is 3.00. The van der Waals surface area contributed by atoms with Gasteiger partial charge in [-0.15, -0.1) is 0 Å². The van der Waals surface area contributed by atoms with Crippen LogP contribution in [0.5, 0.6) is 0 Å². The van der Waals surface area contributed by atoms with Crippen LogP contribution < -0.4 is 5.73 Å². The van der Waals surface area contributed by atoms with Gasteiger partial charge in [0.15, 0.2) is 0 Å². The summed E-state index contributed by atoms with van der Waals surface area (Å²) >= 11 is 0. The fourth-order valence-electron chi connectivity index (χ4n) is 3.68. The summed E-state index contributed by atoms with van der Waals surface area (Å²) in [4.78, 5) is 11.9. The minimum atomic E-state index is -4.94. The third-order valence-electron chi connectivity index (χ3n) is 4.96. The van der Waals surface area contributed by atoms with E-state index in [2.05, 4.69) is 6.07 Å². The molecule has 1 radical (unpaired) electrons. The maximum Gasteiger partial charge on any atom is 0.416 e. The molecule has 0 saturated carbocycles. The lowest BCUT2D eigenvalue weighted by atomic mass is 10.0. The maximum absolute atomic E-state index is 13.2. The van der Waals surface area contributed by atoms with Crippen LogP contribution in [0.3, 0.4) is 0 Å². The van der Waals surface area contributed by atoms with Crippen molar-refractivity contribution in [2.75, 3.05) is 0 Å². The zero-order valence-electron chi connectivity index (χ0n) is 15.6. The second-order valence-electron chi connectivity index (χ2n) is 6.99. The Morgan fingerprint density at radius 2 is 1.52 bits per heavy atom. The van der Waals surface area contributed by atoms with Gasteiger partial charge in [0.2, 0.25) is 5.91 Å². The van der Waals surface area contributed by atoms with Crippen molar-refractivity contribution in [2.45, 2.75) is 18.9 Å². The highest BCUT2D eigenvalue weighted by Gasteiger charge is 2.37. The molecule has 0 saturated heterocycles. The average molecular weight is 435 g/mol. The number of aromatic nitrogens is 1. The van der Waals surface area contributed by atoms with Gasteiger partial charge in [0.1, 0.15) is 0 Å². The number of fused-ring (bicyclic) bond motifs is 3. The molecule has 3 aromatic carbocycles. The monoisotopic (exact) mass is 435 g/mol. The van der Waals surface area contributed by atoms with Crippen LogP contribution in [0.15, 0.2) is 54.6 Å². The summed E-state index contributed by atoms with van der Waals surface area (Å²) < 4.78 is 80.9. The van der Waals surface area contributed by atoms with Crippen LogP contribution in [-0.4, -0.2) is 10.5 Å². The van der Waals surface area contributed by atoms with E-state index >= 15 is 0 Å². The molecule has 0 aliphatic rings. The first-order valence-electron chi connectivity index (χ1n) is 8.96. The van der Waals surface area contributed by atoms with E-state index in [0.717, 1.165) is 0 Å². The zero-order chi connectivity index (χ0) is 22.6. The largest absolute Gasteiger partial charge is 0.416 e. The molecule has 0 aliphatic carbocycles. The molecule has 1 aromatic heterocycles. The number of halogens is 6. The van der Waals surface area contributed by atoms with E-state index in [0.29, 0.717) is 33.9 Å². The Morgan fingerprint density at radius 1 is 0.903 bits per heavy atom. The molecule has 3 nitrogen and oxygen atoms in total. The minimum Gasteiger partial charge on any atom is -0.366 e. The maximum atomic E-state index is 13.2. The van der Waals surface area contributed by atoms with E-state index in [4.69, 9.17) is 5.73 Å². The number of carbonyl (C=O) groups is 1. The van der Waals surface area contributed by atoms with Crippen LogP contribution in [0.1, 0.15) is 27.0 Å². The molecule has 0 aliphatic heterocycles. The number of benzene rings is 3. The molecule has 0 atom stereocenters. The van der Waals surface area contributed by atoms with Crippen LogP contribution in [0.4, 0.5) is 26.3 Å². The van der Waals surface area contributed by atoms with Crippen LogP contribution >= 0.6 is 0 Å². The molecule has 31 heavy (non-hydrogen) atoms. The van der Waals surface area contributed by atoms with Crippen molar-refractivity contribution < 1.29 is 31.1 Å². The number of nitrogens with two attached hydrogens (primary N) is 1. The summed E-state index contributed by atoms with van der Waals surface area (Å²) in [5.41, 5.74) is 3.62. The lowest BCUT2D eigenvalue weighted by molar-refractivity contribution is -0.143. The lowest BCUT2D eigenvalue weighted by Gasteiger charge is -2.15. The molecule has 159 valence electrons. The van der Waals surface area contributed by atoms with E-state index in [1.165, 1.54) is 6.07 Å². The number of hydrogen-bond acceptors (Lipinski definition) is 1. The molecule has 0 spiro atoms. The highest BCUT2D eigenvalue weighted by molar-refractivity contribution is 6.17. The van der Waals surface area contributed by atoms with Gasteiger partial charge in [-0.2, -0.15) is 26.3 Å². The van der Waals surface area contributed by atoms with Gasteiger partial charge >= 0.3 is 12.4 Å². The summed E-state index contributed by atoms with van der Waals surface area (Å²) in [6.07, 6.45) is -9.88. The normalized spacial score (nSPS) is 12.6. The van der Waals surface area contributed by atoms with Gasteiger partial charge in [0.25, 0.3) is 0 Å². The zero-order valence-corrected chi connectivity index (χ0v) is 15.6. The summed E-state index contributed by atoms with van der Waals surface area (Å²) in [6, 6.07) is 14.0. The minimum absolute atomic E-state index is 0.0916. The second-order valence-corrected chi connectivity index (χ2v) is 6.99. The van der Waals surface area contributed by atoms with E-state index in [-0.39, 0.29) is 23.7 Å². The fourth-order valence-corrected chi connectivity index (χ4v) is 3.68. The van der Waals surface area contributed by atoms with Crippen molar-refractivity contribution in [1.29, 1.82) is 0 Å². The predicted octanol–water partition coefficient (Wildman–Crippen LogP) is 5.78. The summed E-state index contributed by atoms with van der Waals surface area (Å²) in [5, 5.41) is 0.934. The molecule has 4 rings (SSSR count). The smallest absolute Gasteiger partial charge is 0.366 e. The Hall–Kier alpha value is -3.49. The fraction of sp³-hybridized carbons (Fsp3) is 0.136. The van der Waals surface area contributed by atoms with Gasteiger partial charge in [-0.05, 0) is 48.0 Å². The molecule has 1 heterocycles. The van der Waals surface area contributed by atoms with Crippen molar-refractivity contribution >= 4 is 27.7 Å². The molecule has 9 heteroatoms. The van der Waals surface area contributed by atoms with Gasteiger partial charge in [0.05, 0.1) is 22.2 Å². The summed E-state index contributed by atoms with van der Waals surface area (Å²) in [6.45, 7) is -0.285. The Labute approximate surface area is 171 Å². The molecule has 0 bridgehead atoms. The van der Waals surface area contributed by atoms with Crippen molar-refractivity contribution in [2.24, 2.45) is 5.73 Å². The number of alkyl halides is 6. The van der Waals surface area contributed by atoms with Crippen molar-refractivity contribution in [3.63, 3.8) is 0 Å². The number of rotatable bonds is 3. The Bertz CT molecular complexity index is 1290. The number of hydrogen-bond donors (Lipinski definition) is 1. The standard InChI is InChI=1S/C22H13F6N2O/c23-21(24,25)13-8-12(9-14(10-13)22(26,27)28)11-30-17-6-2-1-4-15(17)19-16(20(29)31)5-3-7-18(19)30/h1-3,5-10H,11H2,(H2,29,31). The number of primary amides is 1.